The Labute approximate surface area is 188 Å². The Morgan fingerprint density at radius 3 is 2.56 bits per heavy atom. The van der Waals surface area contributed by atoms with Crippen LogP contribution in [0.5, 0.6) is 11.6 Å². The second-order valence-corrected chi connectivity index (χ2v) is 9.20. The molecule has 0 fully saturated rings. The van der Waals surface area contributed by atoms with E-state index in [2.05, 4.69) is 15.4 Å². The van der Waals surface area contributed by atoms with E-state index in [0.29, 0.717) is 16.6 Å². The minimum Gasteiger partial charge on any atom is -0.481 e. The summed E-state index contributed by atoms with van der Waals surface area (Å²) in [7, 11) is -1.93. The van der Waals surface area contributed by atoms with E-state index in [1.165, 1.54) is 36.0 Å². The third-order valence-electron chi connectivity index (χ3n) is 4.47. The largest absolute Gasteiger partial charge is 0.481 e. The van der Waals surface area contributed by atoms with Crippen molar-refractivity contribution >= 4 is 38.9 Å². The molecular weight excluding hydrogens is 456 g/mol. The van der Waals surface area contributed by atoms with E-state index in [4.69, 9.17) is 21.1 Å². The molecule has 2 aromatic heterocycles. The number of rotatable bonds is 5. The molecule has 0 aliphatic carbocycles. The summed E-state index contributed by atoms with van der Waals surface area (Å²) in [5.41, 5.74) is 1.87. The average Bonchev–Trinajstić information content (AvgIpc) is 3.15. The third-order valence-corrected chi connectivity index (χ3v) is 5.83. The number of hydrogen-bond donors (Lipinski definition) is 1. The van der Waals surface area contributed by atoms with Crippen LogP contribution in [-0.4, -0.2) is 42.5 Å². The molecule has 0 spiro atoms. The van der Waals surface area contributed by atoms with Crippen molar-refractivity contribution in [2.24, 2.45) is 0 Å². The maximum absolute atomic E-state index is 12.4. The fourth-order valence-electron chi connectivity index (χ4n) is 2.95. The number of methoxy groups -OCH3 is 1. The number of amides is 1. The minimum atomic E-state index is -3.42. The molecule has 11 heteroatoms. The maximum atomic E-state index is 12.4. The zero-order valence-electron chi connectivity index (χ0n) is 16.9. The summed E-state index contributed by atoms with van der Waals surface area (Å²) >= 11 is 5.96. The highest BCUT2D eigenvalue weighted by molar-refractivity contribution is 7.90. The first-order chi connectivity index (χ1) is 15.2. The molecule has 1 N–H and O–H groups in total. The second kappa shape index (κ2) is 8.48. The van der Waals surface area contributed by atoms with E-state index in [1.807, 2.05) is 0 Å². The number of carbonyl (C=O) groups excluding carboxylic acids is 1. The summed E-state index contributed by atoms with van der Waals surface area (Å²) in [4.78, 5) is 17.1. The number of nitrogens with one attached hydrogen (secondary N) is 1. The van der Waals surface area contributed by atoms with Gasteiger partial charge < -0.3 is 9.47 Å². The van der Waals surface area contributed by atoms with Crippen LogP contribution in [0.4, 0.5) is 10.5 Å². The lowest BCUT2D eigenvalue weighted by atomic mass is 10.1. The van der Waals surface area contributed by atoms with E-state index in [9.17, 15) is 13.2 Å². The number of hydrogen-bond acceptors (Lipinski definition) is 7. The van der Waals surface area contributed by atoms with Crippen LogP contribution in [0.1, 0.15) is 0 Å². The Kier molecular flexibility index (Phi) is 5.72. The Balaban J connectivity index is 1.64. The molecule has 164 valence electrons. The van der Waals surface area contributed by atoms with Crippen molar-refractivity contribution in [2.45, 2.75) is 4.90 Å². The van der Waals surface area contributed by atoms with Gasteiger partial charge in [-0.2, -0.15) is 9.61 Å². The molecule has 0 atom stereocenters. The highest BCUT2D eigenvalue weighted by Gasteiger charge is 2.17. The van der Waals surface area contributed by atoms with E-state index in [1.54, 1.807) is 36.4 Å². The van der Waals surface area contributed by atoms with E-state index in [0.717, 1.165) is 11.8 Å². The summed E-state index contributed by atoms with van der Waals surface area (Å²) in [5, 5.41) is 7.26. The predicted molar refractivity (Wildman–Crippen MR) is 119 cm³/mol. The molecule has 2 aromatic carbocycles. The van der Waals surface area contributed by atoms with Gasteiger partial charge in [0.1, 0.15) is 0 Å². The normalized spacial score (nSPS) is 11.3. The number of anilines is 1. The lowest BCUT2D eigenvalue weighted by Gasteiger charge is -2.09. The molecule has 32 heavy (non-hydrogen) atoms. The SMILES string of the molecule is COc1cc(-c2ccc(Cl)cc2)nc2c(OC(=O)Nc3cccc(S(C)(=O)=O)c3)cnn12. The average molecular weight is 473 g/mol. The van der Waals surface area contributed by atoms with Crippen LogP contribution in [0.2, 0.25) is 5.02 Å². The molecule has 0 radical (unpaired) electrons. The maximum Gasteiger partial charge on any atom is 0.417 e. The van der Waals surface area contributed by atoms with E-state index >= 15 is 0 Å². The van der Waals surface area contributed by atoms with Gasteiger partial charge in [0, 0.05) is 28.6 Å². The fourth-order valence-corrected chi connectivity index (χ4v) is 3.74. The van der Waals surface area contributed by atoms with Crippen molar-refractivity contribution in [3.05, 3.63) is 65.8 Å². The van der Waals surface area contributed by atoms with Crippen molar-refractivity contribution < 1.29 is 22.7 Å². The predicted octanol–water partition coefficient (Wildman–Crippen LogP) is 4.07. The Morgan fingerprint density at radius 1 is 1.12 bits per heavy atom. The van der Waals surface area contributed by atoms with Crippen molar-refractivity contribution in [2.75, 3.05) is 18.7 Å². The number of carbonyl (C=O) groups is 1. The molecule has 1 amide bonds. The van der Waals surface area contributed by atoms with Crippen molar-refractivity contribution in [3.63, 3.8) is 0 Å². The summed E-state index contributed by atoms with van der Waals surface area (Å²) in [6, 6.07) is 14.6. The summed E-state index contributed by atoms with van der Waals surface area (Å²) in [5.74, 6) is 0.479. The summed E-state index contributed by atoms with van der Waals surface area (Å²) in [6.07, 6.45) is 1.59. The molecule has 9 nitrogen and oxygen atoms in total. The standard InChI is InChI=1S/C21H17ClN4O5S/c1-30-19-11-17(13-6-8-14(22)9-7-13)25-20-18(12-23-26(19)20)31-21(27)24-15-4-3-5-16(10-15)32(2,28)29/h3-12H,1-2H3,(H,24,27). The molecular formula is C21H17ClN4O5S. The van der Waals surface area contributed by atoms with Gasteiger partial charge >= 0.3 is 6.09 Å². The zero-order chi connectivity index (χ0) is 22.9. The molecule has 0 saturated heterocycles. The molecule has 0 aliphatic heterocycles. The van der Waals surface area contributed by atoms with Gasteiger partial charge in [0.05, 0.1) is 23.9 Å². The van der Waals surface area contributed by atoms with Gasteiger partial charge in [0.2, 0.25) is 11.5 Å². The topological polar surface area (TPSA) is 112 Å². The van der Waals surface area contributed by atoms with Crippen LogP contribution < -0.4 is 14.8 Å². The lowest BCUT2D eigenvalue weighted by Crippen LogP contribution is -2.17. The molecule has 0 aliphatic rings. The molecule has 4 rings (SSSR count). The highest BCUT2D eigenvalue weighted by atomic mass is 35.5. The van der Waals surface area contributed by atoms with Crippen LogP contribution >= 0.6 is 11.6 Å². The number of nitrogens with zero attached hydrogens (tertiary/aromatic N) is 3. The number of benzene rings is 2. The Hall–Kier alpha value is -3.63. The second-order valence-electron chi connectivity index (χ2n) is 6.75. The monoisotopic (exact) mass is 472 g/mol. The number of aromatic nitrogens is 3. The third kappa shape index (κ3) is 4.51. The first-order valence-electron chi connectivity index (χ1n) is 9.22. The molecule has 0 unspecified atom stereocenters. The summed E-state index contributed by atoms with van der Waals surface area (Å²) < 4.78 is 35.6. The fraction of sp³-hybridized carbons (Fsp3) is 0.0952. The van der Waals surface area contributed by atoms with Crippen molar-refractivity contribution in [3.8, 4) is 22.9 Å². The molecule has 0 saturated carbocycles. The molecule has 2 heterocycles. The van der Waals surface area contributed by atoms with Gasteiger partial charge in [0.15, 0.2) is 15.6 Å². The van der Waals surface area contributed by atoms with Gasteiger partial charge in [-0.3, -0.25) is 5.32 Å². The Morgan fingerprint density at radius 2 is 1.88 bits per heavy atom. The first kappa shape index (κ1) is 21.6. The van der Waals surface area contributed by atoms with Crippen molar-refractivity contribution in [1.29, 1.82) is 0 Å². The highest BCUT2D eigenvalue weighted by Crippen LogP contribution is 2.29. The first-order valence-corrected chi connectivity index (χ1v) is 11.5. The quantitative estimate of drug-likeness (QED) is 0.465. The van der Waals surface area contributed by atoms with E-state index in [-0.39, 0.29) is 22.0 Å². The zero-order valence-corrected chi connectivity index (χ0v) is 18.5. The van der Waals surface area contributed by atoms with Crippen LogP contribution in [0.3, 0.4) is 0 Å². The lowest BCUT2D eigenvalue weighted by molar-refractivity contribution is 0.215. The molecule has 0 bridgehead atoms. The Bertz CT molecular complexity index is 1420. The van der Waals surface area contributed by atoms with Crippen LogP contribution in [0.25, 0.3) is 16.9 Å². The van der Waals surface area contributed by atoms with Crippen LogP contribution in [0.15, 0.2) is 65.7 Å². The number of ether oxygens (including phenoxy) is 2. The van der Waals surface area contributed by atoms with Gasteiger partial charge in [-0.05, 0) is 30.3 Å². The van der Waals surface area contributed by atoms with Crippen LogP contribution in [-0.2, 0) is 9.84 Å². The van der Waals surface area contributed by atoms with Gasteiger partial charge in [-0.1, -0.05) is 29.8 Å². The molecule has 4 aromatic rings. The van der Waals surface area contributed by atoms with Gasteiger partial charge in [-0.15, -0.1) is 0 Å². The van der Waals surface area contributed by atoms with Gasteiger partial charge in [0.25, 0.3) is 0 Å². The van der Waals surface area contributed by atoms with Crippen molar-refractivity contribution in [1.82, 2.24) is 14.6 Å². The minimum absolute atomic E-state index is 0.0743. The number of fused-ring (bicyclic) bond motifs is 1. The van der Waals surface area contributed by atoms with Crippen LogP contribution in [0, 0.1) is 0 Å². The van der Waals surface area contributed by atoms with E-state index < -0.39 is 15.9 Å². The number of halogens is 1. The number of sulfone groups is 1. The smallest absolute Gasteiger partial charge is 0.417 e. The summed E-state index contributed by atoms with van der Waals surface area (Å²) in [6.45, 7) is 0. The van der Waals surface area contributed by atoms with Gasteiger partial charge in [-0.25, -0.2) is 18.2 Å².